The molecule has 0 unspecified atom stereocenters. The number of aromatic amines is 1. The first kappa shape index (κ1) is 17.6. The SMILES string of the molecule is Cc1cc(-c2ccc3[nH]ccc3c2)c(C)cc1C=CC(=O)NC1CCCC1. The number of aromatic nitrogens is 1. The summed E-state index contributed by atoms with van der Waals surface area (Å²) in [6.45, 7) is 4.23. The van der Waals surface area contributed by atoms with Gasteiger partial charge < -0.3 is 10.3 Å². The first-order valence-corrected chi connectivity index (χ1v) is 9.77. The second-order valence-electron chi connectivity index (χ2n) is 7.63. The van der Waals surface area contributed by atoms with Crippen molar-refractivity contribution >= 4 is 22.9 Å². The van der Waals surface area contributed by atoms with E-state index in [0.29, 0.717) is 6.04 Å². The number of fused-ring (bicyclic) bond motifs is 1. The number of carbonyl (C=O) groups is 1. The third-order valence-corrected chi connectivity index (χ3v) is 5.59. The van der Waals surface area contributed by atoms with Crippen LogP contribution >= 0.6 is 0 Å². The van der Waals surface area contributed by atoms with Gasteiger partial charge in [0.15, 0.2) is 0 Å². The molecule has 27 heavy (non-hydrogen) atoms. The molecule has 0 saturated heterocycles. The molecular weight excluding hydrogens is 332 g/mol. The summed E-state index contributed by atoms with van der Waals surface area (Å²) in [5.41, 5.74) is 7.10. The number of nitrogens with one attached hydrogen (secondary N) is 2. The Morgan fingerprint density at radius 3 is 2.70 bits per heavy atom. The number of carbonyl (C=O) groups excluding carboxylic acids is 1. The molecule has 1 aromatic heterocycles. The zero-order chi connectivity index (χ0) is 18.8. The van der Waals surface area contributed by atoms with Crippen molar-refractivity contribution in [3.05, 3.63) is 65.4 Å². The van der Waals surface area contributed by atoms with Crippen molar-refractivity contribution in [2.24, 2.45) is 0 Å². The number of benzene rings is 2. The lowest BCUT2D eigenvalue weighted by atomic mass is 9.94. The lowest BCUT2D eigenvalue weighted by Gasteiger charge is -2.12. The van der Waals surface area contributed by atoms with E-state index in [2.05, 4.69) is 60.5 Å². The molecule has 138 valence electrons. The fourth-order valence-corrected chi connectivity index (χ4v) is 4.03. The van der Waals surface area contributed by atoms with E-state index in [1.807, 2.05) is 12.3 Å². The normalized spacial score (nSPS) is 15.0. The third-order valence-electron chi connectivity index (χ3n) is 5.59. The van der Waals surface area contributed by atoms with Crippen LogP contribution in [0.15, 0.2) is 48.7 Å². The predicted molar refractivity (Wildman–Crippen MR) is 113 cm³/mol. The summed E-state index contributed by atoms with van der Waals surface area (Å²) >= 11 is 0. The Kier molecular flexibility index (Phi) is 4.85. The zero-order valence-corrected chi connectivity index (χ0v) is 16.0. The predicted octanol–water partition coefficient (Wildman–Crippen LogP) is 5.52. The molecule has 0 spiro atoms. The van der Waals surface area contributed by atoms with E-state index >= 15 is 0 Å². The monoisotopic (exact) mass is 358 g/mol. The summed E-state index contributed by atoms with van der Waals surface area (Å²) in [5, 5.41) is 4.33. The van der Waals surface area contributed by atoms with Crippen LogP contribution < -0.4 is 5.32 Å². The lowest BCUT2D eigenvalue weighted by Crippen LogP contribution is -2.30. The van der Waals surface area contributed by atoms with E-state index in [1.165, 1.54) is 40.5 Å². The van der Waals surface area contributed by atoms with Crippen molar-refractivity contribution in [3.63, 3.8) is 0 Å². The van der Waals surface area contributed by atoms with Crippen LogP contribution in [0, 0.1) is 13.8 Å². The van der Waals surface area contributed by atoms with Crippen molar-refractivity contribution < 1.29 is 4.79 Å². The van der Waals surface area contributed by atoms with E-state index in [4.69, 9.17) is 0 Å². The number of amides is 1. The van der Waals surface area contributed by atoms with Gasteiger partial charge in [-0.05, 0) is 84.2 Å². The minimum atomic E-state index is 0.0148. The number of hydrogen-bond donors (Lipinski definition) is 2. The Bertz CT molecular complexity index is 1010. The average Bonchev–Trinajstić information content (AvgIpc) is 3.33. The molecule has 1 fully saturated rings. The maximum Gasteiger partial charge on any atom is 0.244 e. The van der Waals surface area contributed by atoms with Gasteiger partial charge in [-0.2, -0.15) is 0 Å². The molecule has 3 aromatic rings. The Balaban J connectivity index is 1.55. The summed E-state index contributed by atoms with van der Waals surface area (Å²) in [5.74, 6) is 0.0148. The molecule has 3 heteroatoms. The van der Waals surface area contributed by atoms with E-state index in [9.17, 15) is 4.79 Å². The van der Waals surface area contributed by atoms with Gasteiger partial charge in [0, 0.05) is 23.8 Å². The van der Waals surface area contributed by atoms with E-state index in [1.54, 1.807) is 6.08 Å². The second-order valence-corrected chi connectivity index (χ2v) is 7.63. The summed E-state index contributed by atoms with van der Waals surface area (Å²) < 4.78 is 0. The molecule has 1 aliphatic carbocycles. The molecule has 1 amide bonds. The first-order valence-electron chi connectivity index (χ1n) is 9.77. The molecule has 4 rings (SSSR count). The van der Waals surface area contributed by atoms with Gasteiger partial charge in [-0.1, -0.05) is 31.0 Å². The van der Waals surface area contributed by atoms with Crippen LogP contribution in [0.25, 0.3) is 28.1 Å². The van der Waals surface area contributed by atoms with E-state index in [-0.39, 0.29) is 5.91 Å². The smallest absolute Gasteiger partial charge is 0.244 e. The summed E-state index contributed by atoms with van der Waals surface area (Å²) in [6.07, 6.45) is 10.2. The number of aryl methyl sites for hydroxylation is 2. The van der Waals surface area contributed by atoms with Crippen LogP contribution in [0.2, 0.25) is 0 Å². The highest BCUT2D eigenvalue weighted by Crippen LogP contribution is 2.29. The number of H-pyrrole nitrogens is 1. The highest BCUT2D eigenvalue weighted by Gasteiger charge is 2.15. The van der Waals surface area contributed by atoms with Gasteiger partial charge in [-0.15, -0.1) is 0 Å². The molecule has 0 atom stereocenters. The summed E-state index contributed by atoms with van der Waals surface area (Å²) in [4.78, 5) is 15.4. The van der Waals surface area contributed by atoms with Crippen molar-refractivity contribution in [1.29, 1.82) is 0 Å². The van der Waals surface area contributed by atoms with Gasteiger partial charge in [0.1, 0.15) is 0 Å². The van der Waals surface area contributed by atoms with Crippen molar-refractivity contribution in [3.8, 4) is 11.1 Å². The zero-order valence-electron chi connectivity index (χ0n) is 16.0. The Morgan fingerprint density at radius 1 is 1.07 bits per heavy atom. The highest BCUT2D eigenvalue weighted by atomic mass is 16.1. The van der Waals surface area contributed by atoms with Crippen LogP contribution in [0.1, 0.15) is 42.4 Å². The molecule has 0 bridgehead atoms. The standard InChI is InChI=1S/C24H26N2O/c1-16-14-22(19-7-9-23-20(15-19)11-12-25-23)17(2)13-18(16)8-10-24(27)26-21-5-3-4-6-21/h7-15,21,25H,3-6H2,1-2H3,(H,26,27). The van der Waals surface area contributed by atoms with Crippen LogP contribution in [-0.2, 0) is 4.79 Å². The molecule has 1 saturated carbocycles. The molecule has 1 heterocycles. The fraction of sp³-hybridized carbons (Fsp3) is 0.292. The van der Waals surface area contributed by atoms with E-state index in [0.717, 1.165) is 23.9 Å². The van der Waals surface area contributed by atoms with Gasteiger partial charge >= 0.3 is 0 Å². The molecule has 2 aromatic carbocycles. The maximum atomic E-state index is 12.2. The van der Waals surface area contributed by atoms with Gasteiger partial charge in [0.05, 0.1) is 0 Å². The van der Waals surface area contributed by atoms with Gasteiger partial charge in [0.2, 0.25) is 5.91 Å². The molecule has 0 radical (unpaired) electrons. The summed E-state index contributed by atoms with van der Waals surface area (Å²) in [7, 11) is 0. The second kappa shape index (κ2) is 7.43. The van der Waals surface area contributed by atoms with Crippen molar-refractivity contribution in [1.82, 2.24) is 10.3 Å². The highest BCUT2D eigenvalue weighted by molar-refractivity contribution is 5.92. The van der Waals surface area contributed by atoms with Crippen LogP contribution in [0.4, 0.5) is 0 Å². The fourth-order valence-electron chi connectivity index (χ4n) is 4.03. The Hall–Kier alpha value is -2.81. The van der Waals surface area contributed by atoms with E-state index < -0.39 is 0 Å². The Labute approximate surface area is 160 Å². The van der Waals surface area contributed by atoms with Crippen molar-refractivity contribution in [2.45, 2.75) is 45.6 Å². The van der Waals surface area contributed by atoms with Crippen LogP contribution in [0.3, 0.4) is 0 Å². The summed E-state index contributed by atoms with van der Waals surface area (Å²) in [6, 6.07) is 13.4. The average molecular weight is 358 g/mol. The minimum Gasteiger partial charge on any atom is -0.361 e. The van der Waals surface area contributed by atoms with Crippen LogP contribution in [0.5, 0.6) is 0 Å². The molecule has 1 aliphatic rings. The minimum absolute atomic E-state index is 0.0148. The van der Waals surface area contributed by atoms with Crippen molar-refractivity contribution in [2.75, 3.05) is 0 Å². The maximum absolute atomic E-state index is 12.2. The largest absolute Gasteiger partial charge is 0.361 e. The van der Waals surface area contributed by atoms with Gasteiger partial charge in [-0.25, -0.2) is 0 Å². The molecular formula is C24H26N2O. The molecule has 0 aliphatic heterocycles. The van der Waals surface area contributed by atoms with Crippen LogP contribution in [-0.4, -0.2) is 16.9 Å². The molecule has 2 N–H and O–H groups in total. The Morgan fingerprint density at radius 2 is 1.89 bits per heavy atom. The number of hydrogen-bond acceptors (Lipinski definition) is 1. The topological polar surface area (TPSA) is 44.9 Å². The molecule has 3 nitrogen and oxygen atoms in total. The third kappa shape index (κ3) is 3.82. The first-order chi connectivity index (χ1) is 13.1. The van der Waals surface area contributed by atoms with Gasteiger partial charge in [0.25, 0.3) is 0 Å². The lowest BCUT2D eigenvalue weighted by molar-refractivity contribution is -0.117. The number of rotatable bonds is 4. The quantitative estimate of drug-likeness (QED) is 0.592. The van der Waals surface area contributed by atoms with Gasteiger partial charge in [-0.3, -0.25) is 4.79 Å².